The molecule has 1 aromatic carbocycles. The van der Waals surface area contributed by atoms with Gasteiger partial charge in [-0.15, -0.1) is 12.6 Å². The summed E-state index contributed by atoms with van der Waals surface area (Å²) in [6.07, 6.45) is 2.42. The zero-order valence-corrected chi connectivity index (χ0v) is 8.03. The van der Waals surface area contributed by atoms with Crippen LogP contribution in [0.4, 0.5) is 0 Å². The van der Waals surface area contributed by atoms with E-state index in [1.165, 1.54) is 6.08 Å². The van der Waals surface area contributed by atoms with Crippen LogP contribution in [0.2, 0.25) is 0 Å². The number of hydrogen-bond acceptors (Lipinski definition) is 3. The van der Waals surface area contributed by atoms with Gasteiger partial charge in [-0.05, 0) is 29.8 Å². The first-order valence-corrected chi connectivity index (χ1v) is 4.22. The molecule has 0 saturated carbocycles. The highest BCUT2D eigenvalue weighted by Crippen LogP contribution is 2.16. The standard InChI is InChI=1S/C10H7NO2S/c11-6-7-1-3-9(14)8(5-7)2-4-10(12)13/h1-5,14H,(H,12,13). The SMILES string of the molecule is N#Cc1ccc(S)c(C=CC(=O)O)c1. The van der Waals surface area contributed by atoms with Crippen molar-refractivity contribution in [2.24, 2.45) is 0 Å². The van der Waals surface area contributed by atoms with Crippen molar-refractivity contribution in [3.8, 4) is 6.07 Å². The van der Waals surface area contributed by atoms with Gasteiger partial charge in [0.25, 0.3) is 0 Å². The molecule has 1 aromatic rings. The normalized spacial score (nSPS) is 10.0. The van der Waals surface area contributed by atoms with Crippen LogP contribution in [-0.4, -0.2) is 11.1 Å². The molecule has 0 fully saturated rings. The van der Waals surface area contributed by atoms with Crippen molar-refractivity contribution in [3.63, 3.8) is 0 Å². The van der Waals surface area contributed by atoms with Crippen molar-refractivity contribution in [1.82, 2.24) is 0 Å². The highest BCUT2D eigenvalue weighted by atomic mass is 32.1. The molecule has 0 atom stereocenters. The number of benzene rings is 1. The van der Waals surface area contributed by atoms with Gasteiger partial charge in [-0.3, -0.25) is 0 Å². The Balaban J connectivity index is 3.08. The average molecular weight is 205 g/mol. The van der Waals surface area contributed by atoms with Crippen LogP contribution in [0.5, 0.6) is 0 Å². The molecule has 0 radical (unpaired) electrons. The van der Waals surface area contributed by atoms with E-state index >= 15 is 0 Å². The number of aliphatic carboxylic acids is 1. The number of nitrogens with zero attached hydrogens (tertiary/aromatic N) is 1. The summed E-state index contributed by atoms with van der Waals surface area (Å²) in [6.45, 7) is 0. The van der Waals surface area contributed by atoms with Crippen molar-refractivity contribution >= 4 is 24.7 Å². The largest absolute Gasteiger partial charge is 0.478 e. The number of rotatable bonds is 2. The van der Waals surface area contributed by atoms with Crippen LogP contribution in [-0.2, 0) is 4.79 Å². The molecule has 0 unspecified atom stereocenters. The molecule has 1 rings (SSSR count). The van der Waals surface area contributed by atoms with Crippen LogP contribution >= 0.6 is 12.6 Å². The monoisotopic (exact) mass is 205 g/mol. The van der Waals surface area contributed by atoms with Gasteiger partial charge in [-0.2, -0.15) is 5.26 Å². The van der Waals surface area contributed by atoms with Gasteiger partial charge < -0.3 is 5.11 Å². The van der Waals surface area contributed by atoms with Crippen molar-refractivity contribution < 1.29 is 9.90 Å². The van der Waals surface area contributed by atoms with Gasteiger partial charge in [0.2, 0.25) is 0 Å². The maximum atomic E-state index is 10.3. The van der Waals surface area contributed by atoms with Crippen LogP contribution in [0.15, 0.2) is 29.2 Å². The molecule has 4 heteroatoms. The van der Waals surface area contributed by atoms with Crippen LogP contribution in [0, 0.1) is 11.3 Å². The third-order valence-corrected chi connectivity index (χ3v) is 1.97. The zero-order valence-electron chi connectivity index (χ0n) is 7.14. The number of carboxylic acid groups (broad SMARTS) is 1. The van der Waals surface area contributed by atoms with Gasteiger partial charge in [0.05, 0.1) is 11.6 Å². The molecule has 0 amide bonds. The van der Waals surface area contributed by atoms with E-state index in [1.807, 2.05) is 6.07 Å². The molecule has 0 spiro atoms. The van der Waals surface area contributed by atoms with E-state index in [0.29, 0.717) is 16.0 Å². The van der Waals surface area contributed by atoms with E-state index in [4.69, 9.17) is 10.4 Å². The highest BCUT2D eigenvalue weighted by molar-refractivity contribution is 7.80. The second-order valence-electron chi connectivity index (χ2n) is 2.56. The summed E-state index contributed by atoms with van der Waals surface area (Å²) in [5.74, 6) is -1.03. The van der Waals surface area contributed by atoms with Crippen molar-refractivity contribution in [2.45, 2.75) is 4.90 Å². The smallest absolute Gasteiger partial charge is 0.328 e. The minimum absolute atomic E-state index is 0.479. The van der Waals surface area contributed by atoms with Gasteiger partial charge in [-0.1, -0.05) is 0 Å². The molecule has 0 heterocycles. The highest BCUT2D eigenvalue weighted by Gasteiger charge is 1.98. The average Bonchev–Trinajstić information content (AvgIpc) is 2.16. The molecule has 0 aromatic heterocycles. The molecule has 14 heavy (non-hydrogen) atoms. The van der Waals surface area contributed by atoms with Gasteiger partial charge in [0.15, 0.2) is 0 Å². The molecule has 0 aliphatic heterocycles. The molecule has 70 valence electrons. The Bertz CT molecular complexity index is 432. The third kappa shape index (κ3) is 2.64. The summed E-state index contributed by atoms with van der Waals surface area (Å²) in [7, 11) is 0. The zero-order chi connectivity index (χ0) is 10.6. The molecule has 0 aliphatic rings. The molecule has 0 bridgehead atoms. The lowest BCUT2D eigenvalue weighted by Crippen LogP contribution is -1.87. The Morgan fingerprint density at radius 3 is 2.86 bits per heavy atom. The molecule has 3 nitrogen and oxygen atoms in total. The summed E-state index contributed by atoms with van der Waals surface area (Å²) in [5.41, 5.74) is 1.10. The first-order chi connectivity index (χ1) is 6.63. The second-order valence-corrected chi connectivity index (χ2v) is 3.04. The Morgan fingerprint density at radius 2 is 2.29 bits per heavy atom. The first kappa shape index (κ1) is 10.4. The van der Waals surface area contributed by atoms with Crippen molar-refractivity contribution in [3.05, 3.63) is 35.4 Å². The quantitative estimate of drug-likeness (QED) is 0.573. The van der Waals surface area contributed by atoms with Gasteiger partial charge in [-0.25, -0.2) is 4.79 Å². The molecular weight excluding hydrogens is 198 g/mol. The summed E-state index contributed by atoms with van der Waals surface area (Å²) in [6, 6.07) is 6.83. The van der Waals surface area contributed by atoms with Crippen molar-refractivity contribution in [2.75, 3.05) is 0 Å². The Hall–Kier alpha value is -1.73. The summed E-state index contributed by atoms with van der Waals surface area (Å²) in [4.78, 5) is 10.9. The number of carbonyl (C=O) groups is 1. The second kappa shape index (κ2) is 4.49. The van der Waals surface area contributed by atoms with E-state index in [1.54, 1.807) is 18.2 Å². The fourth-order valence-corrected chi connectivity index (χ4v) is 1.13. The van der Waals surface area contributed by atoms with Crippen LogP contribution in [0.1, 0.15) is 11.1 Å². The minimum Gasteiger partial charge on any atom is -0.478 e. The molecule has 1 N–H and O–H groups in total. The lowest BCUT2D eigenvalue weighted by Gasteiger charge is -1.98. The molecule has 0 aliphatic carbocycles. The predicted molar refractivity (Wildman–Crippen MR) is 55.1 cm³/mol. The van der Waals surface area contributed by atoms with Crippen molar-refractivity contribution in [1.29, 1.82) is 5.26 Å². The molecular formula is C10H7NO2S. The van der Waals surface area contributed by atoms with Crippen LogP contribution in [0.25, 0.3) is 6.08 Å². The van der Waals surface area contributed by atoms with E-state index < -0.39 is 5.97 Å². The van der Waals surface area contributed by atoms with E-state index in [-0.39, 0.29) is 0 Å². The number of nitriles is 1. The van der Waals surface area contributed by atoms with Gasteiger partial charge >= 0.3 is 5.97 Å². The van der Waals surface area contributed by atoms with E-state index in [2.05, 4.69) is 12.6 Å². The third-order valence-electron chi connectivity index (χ3n) is 1.56. The summed E-state index contributed by atoms with van der Waals surface area (Å²) < 4.78 is 0. The Labute approximate surface area is 86.7 Å². The van der Waals surface area contributed by atoms with Crippen LogP contribution in [0.3, 0.4) is 0 Å². The van der Waals surface area contributed by atoms with Crippen LogP contribution < -0.4 is 0 Å². The fraction of sp³-hybridized carbons (Fsp3) is 0. The van der Waals surface area contributed by atoms with E-state index in [0.717, 1.165) is 6.08 Å². The topological polar surface area (TPSA) is 61.1 Å². The lowest BCUT2D eigenvalue weighted by atomic mass is 10.1. The van der Waals surface area contributed by atoms with Gasteiger partial charge in [0.1, 0.15) is 0 Å². The van der Waals surface area contributed by atoms with Gasteiger partial charge in [0, 0.05) is 11.0 Å². The predicted octanol–water partition coefficient (Wildman–Crippen LogP) is 1.94. The number of thiol groups is 1. The van der Waals surface area contributed by atoms with E-state index in [9.17, 15) is 4.79 Å². The summed E-state index contributed by atoms with van der Waals surface area (Å²) >= 11 is 4.13. The summed E-state index contributed by atoms with van der Waals surface area (Å²) in [5, 5.41) is 17.0. The molecule has 0 saturated heterocycles. The fourth-order valence-electron chi connectivity index (χ4n) is 0.919. The lowest BCUT2D eigenvalue weighted by molar-refractivity contribution is -0.131. The maximum Gasteiger partial charge on any atom is 0.328 e. The Morgan fingerprint density at radius 1 is 1.57 bits per heavy atom. The Kier molecular flexibility index (Phi) is 3.32. The number of hydrogen-bond donors (Lipinski definition) is 2. The first-order valence-electron chi connectivity index (χ1n) is 3.77. The number of carboxylic acids is 1. The minimum atomic E-state index is -1.03. The maximum absolute atomic E-state index is 10.3.